The van der Waals surface area contributed by atoms with Gasteiger partial charge >= 0.3 is 7.19 Å². The zero-order valence-electron chi connectivity index (χ0n) is 19.2. The number of hydrogen-bond donors (Lipinski definition) is 0. The fourth-order valence-corrected chi connectivity index (χ4v) is 3.25. The summed E-state index contributed by atoms with van der Waals surface area (Å²) in [6, 6.07) is 23.0. The van der Waals surface area contributed by atoms with Crippen LogP contribution < -0.4 is 9.80 Å². The van der Waals surface area contributed by atoms with Gasteiger partial charge in [-0.25, -0.2) is 0 Å². The largest absolute Gasteiger partial charge is 0.561 e. The normalized spacial score (nSPS) is 11.1. The molecule has 6 heteroatoms. The number of allylic oxidation sites excluding steroid dienone is 1. The van der Waals surface area contributed by atoms with Crippen molar-refractivity contribution in [1.29, 1.82) is 0 Å². The van der Waals surface area contributed by atoms with Crippen molar-refractivity contribution in [2.45, 2.75) is 13.7 Å². The molecule has 0 aliphatic rings. The Bertz CT molecular complexity index is 1080. The Morgan fingerprint density at radius 3 is 1.78 bits per heavy atom. The van der Waals surface area contributed by atoms with E-state index in [1.807, 2.05) is 62.4 Å². The van der Waals surface area contributed by atoms with Crippen LogP contribution >= 0.6 is 0 Å². The summed E-state index contributed by atoms with van der Waals surface area (Å²) in [5.74, 6) is -0.0435. The number of rotatable bonds is 8. The molecule has 4 nitrogen and oxygen atoms in total. The van der Waals surface area contributed by atoms with E-state index in [1.165, 1.54) is 18.5 Å². The molecule has 0 bridgehead atoms. The highest BCUT2D eigenvalue weighted by Crippen LogP contribution is 2.27. The van der Waals surface area contributed by atoms with Crippen LogP contribution in [0, 0.1) is 6.92 Å². The zero-order chi connectivity index (χ0) is 23.3. The number of halogens is 1. The van der Waals surface area contributed by atoms with Crippen molar-refractivity contribution < 1.29 is 13.8 Å². The number of benzene rings is 3. The quantitative estimate of drug-likeness (QED) is 0.186. The molecule has 0 atom stereocenters. The zero-order valence-corrected chi connectivity index (χ0v) is 19.2. The molecular formula is C26H28BFN2O2. The first-order valence-electron chi connectivity index (χ1n) is 10.5. The molecule has 0 heterocycles. The summed E-state index contributed by atoms with van der Waals surface area (Å²) >= 11 is 0. The Morgan fingerprint density at radius 2 is 1.28 bits per heavy atom. The highest BCUT2D eigenvalue weighted by Gasteiger charge is 2.16. The molecule has 0 N–H and O–H groups in total. The van der Waals surface area contributed by atoms with Gasteiger partial charge in [0.15, 0.2) is 5.78 Å². The first kappa shape index (κ1) is 23.1. The van der Waals surface area contributed by atoms with Crippen LogP contribution in [0.4, 0.5) is 21.4 Å². The summed E-state index contributed by atoms with van der Waals surface area (Å²) < 4.78 is 19.0. The fourth-order valence-electron chi connectivity index (χ4n) is 3.25. The van der Waals surface area contributed by atoms with Gasteiger partial charge < -0.3 is 14.5 Å². The number of nitrogens with zero attached hydrogens (tertiary/aromatic N) is 2. The average Bonchev–Trinajstić information content (AvgIpc) is 2.78. The van der Waals surface area contributed by atoms with Crippen LogP contribution in [0.25, 0.3) is 5.76 Å². The minimum atomic E-state index is -1.54. The van der Waals surface area contributed by atoms with E-state index in [2.05, 4.69) is 36.1 Å². The Balaban J connectivity index is 1.85. The molecule has 0 spiro atoms. The number of carbonyl (C=O) groups is 1. The van der Waals surface area contributed by atoms with Gasteiger partial charge in [0, 0.05) is 55.4 Å². The van der Waals surface area contributed by atoms with Gasteiger partial charge in [0.25, 0.3) is 0 Å². The third-order valence-electron chi connectivity index (χ3n) is 5.18. The maximum Gasteiger partial charge on any atom is 0.561 e. The number of aryl methyl sites for hydroxylation is 1. The molecule has 0 radical (unpaired) electrons. The van der Waals surface area contributed by atoms with Crippen molar-refractivity contribution in [3.63, 3.8) is 0 Å². The first-order valence-corrected chi connectivity index (χ1v) is 10.5. The minimum Gasteiger partial charge on any atom is -0.533 e. The van der Waals surface area contributed by atoms with Gasteiger partial charge in [-0.05, 0) is 74.4 Å². The molecule has 3 aromatic carbocycles. The summed E-state index contributed by atoms with van der Waals surface area (Å²) in [7, 11) is 4.31. The van der Waals surface area contributed by atoms with E-state index in [0.29, 0.717) is 11.1 Å². The van der Waals surface area contributed by atoms with Crippen molar-refractivity contribution in [2.24, 2.45) is 0 Å². The Hall–Kier alpha value is -3.54. The van der Waals surface area contributed by atoms with Gasteiger partial charge in [0.1, 0.15) is 5.76 Å². The maximum atomic E-state index is 13.7. The summed E-state index contributed by atoms with van der Waals surface area (Å²) in [5.41, 5.74) is 5.37. The summed E-state index contributed by atoms with van der Waals surface area (Å²) in [6.45, 7) is 3.35. The smallest absolute Gasteiger partial charge is 0.533 e. The Kier molecular flexibility index (Phi) is 7.36. The molecule has 0 aliphatic heterocycles. The molecule has 0 unspecified atom stereocenters. The molecular weight excluding hydrogens is 402 g/mol. The van der Waals surface area contributed by atoms with Crippen molar-refractivity contribution in [1.82, 2.24) is 0 Å². The van der Waals surface area contributed by atoms with Crippen molar-refractivity contribution in [3.05, 3.63) is 95.6 Å². The van der Waals surface area contributed by atoms with Crippen LogP contribution in [0.1, 0.15) is 21.5 Å². The highest BCUT2D eigenvalue weighted by molar-refractivity contribution is 6.43. The lowest BCUT2D eigenvalue weighted by atomic mass is 9.99. The Morgan fingerprint density at radius 1 is 0.812 bits per heavy atom. The van der Waals surface area contributed by atoms with Gasteiger partial charge in [0.2, 0.25) is 0 Å². The van der Waals surface area contributed by atoms with E-state index in [9.17, 15) is 9.11 Å². The van der Waals surface area contributed by atoms with Crippen LogP contribution in [0.5, 0.6) is 0 Å². The van der Waals surface area contributed by atoms with E-state index >= 15 is 0 Å². The molecule has 0 saturated heterocycles. The van der Waals surface area contributed by atoms with Crippen LogP contribution in [0.3, 0.4) is 0 Å². The molecule has 0 saturated carbocycles. The van der Waals surface area contributed by atoms with Gasteiger partial charge in [-0.3, -0.25) is 9.11 Å². The van der Waals surface area contributed by atoms with E-state index in [4.69, 9.17) is 4.65 Å². The SMILES string of the molecule is CB(F)O/C(=C\C(=O)c1ccc(N(C)C)cc1)c1ccc(N(C)c2ccc(C)cc2)cc1. The van der Waals surface area contributed by atoms with E-state index in [1.54, 1.807) is 12.1 Å². The van der Waals surface area contributed by atoms with Crippen LogP contribution in [-0.4, -0.2) is 34.1 Å². The number of anilines is 3. The second-order valence-corrected chi connectivity index (χ2v) is 7.92. The predicted octanol–water partition coefficient (Wildman–Crippen LogP) is 6.16. The van der Waals surface area contributed by atoms with E-state index < -0.39 is 7.19 Å². The van der Waals surface area contributed by atoms with Crippen LogP contribution in [-0.2, 0) is 4.65 Å². The predicted molar refractivity (Wildman–Crippen MR) is 133 cm³/mol. The monoisotopic (exact) mass is 430 g/mol. The first-order chi connectivity index (χ1) is 15.2. The second-order valence-electron chi connectivity index (χ2n) is 7.92. The standard InChI is InChI=1S/C26H28BFN2O2/c1-19-6-12-23(13-7-19)30(5)24-16-10-21(11-17-24)26(32-27(2)28)18-25(31)20-8-14-22(15-9-20)29(3)4/h6-18H,1-5H3/b26-18-. The van der Waals surface area contributed by atoms with Crippen molar-refractivity contribution >= 4 is 35.8 Å². The molecule has 0 fully saturated rings. The highest BCUT2D eigenvalue weighted by atomic mass is 19.1. The van der Waals surface area contributed by atoms with Gasteiger partial charge in [-0.15, -0.1) is 0 Å². The fraction of sp³-hybridized carbons (Fsp3) is 0.192. The molecule has 0 aliphatic carbocycles. The third-order valence-corrected chi connectivity index (χ3v) is 5.18. The molecule has 0 aromatic heterocycles. The van der Waals surface area contributed by atoms with Gasteiger partial charge in [0.05, 0.1) is 0 Å². The minimum absolute atomic E-state index is 0.200. The average molecular weight is 430 g/mol. The summed E-state index contributed by atoms with van der Waals surface area (Å²) in [4.78, 5) is 16.8. The molecule has 164 valence electrons. The molecule has 32 heavy (non-hydrogen) atoms. The number of ketones is 1. The maximum absolute atomic E-state index is 13.7. The van der Waals surface area contributed by atoms with Gasteiger partial charge in [-0.1, -0.05) is 17.7 Å². The number of hydrogen-bond acceptors (Lipinski definition) is 4. The summed E-state index contributed by atoms with van der Waals surface area (Å²) in [6.07, 6.45) is 1.35. The lowest BCUT2D eigenvalue weighted by molar-refractivity contribution is 0.104. The molecule has 3 rings (SSSR count). The van der Waals surface area contributed by atoms with E-state index in [0.717, 1.165) is 17.1 Å². The van der Waals surface area contributed by atoms with Crippen LogP contribution in [0.15, 0.2) is 78.9 Å². The molecule has 3 aromatic rings. The summed E-state index contributed by atoms with van der Waals surface area (Å²) in [5, 5.41) is 0. The number of carbonyl (C=O) groups excluding carboxylic acids is 1. The van der Waals surface area contributed by atoms with Crippen LogP contribution in [0.2, 0.25) is 6.82 Å². The van der Waals surface area contributed by atoms with Gasteiger partial charge in [-0.2, -0.15) is 0 Å². The molecule has 0 amide bonds. The van der Waals surface area contributed by atoms with Crippen molar-refractivity contribution in [2.75, 3.05) is 30.9 Å². The van der Waals surface area contributed by atoms with E-state index in [-0.39, 0.29) is 11.5 Å². The van der Waals surface area contributed by atoms with Crippen molar-refractivity contribution in [3.8, 4) is 0 Å². The third kappa shape index (κ3) is 5.79. The lowest BCUT2D eigenvalue weighted by Gasteiger charge is -2.20. The second kappa shape index (κ2) is 10.2. The lowest BCUT2D eigenvalue weighted by Crippen LogP contribution is -2.10. The topological polar surface area (TPSA) is 32.8 Å². The Labute approximate surface area is 190 Å².